The van der Waals surface area contributed by atoms with E-state index in [1.54, 1.807) is 0 Å². The van der Waals surface area contributed by atoms with Gasteiger partial charge in [0.1, 0.15) is 104 Å². The lowest BCUT2D eigenvalue weighted by Gasteiger charge is -2.47. The Hall–Kier alpha value is -1.94. The number of ether oxygens (including phenoxy) is 8. The van der Waals surface area contributed by atoms with Crippen LogP contribution in [0, 0.1) is 0 Å². The van der Waals surface area contributed by atoms with E-state index in [1.165, 1.54) is 122 Å². The van der Waals surface area contributed by atoms with Gasteiger partial charge in [-0.15, -0.1) is 0 Å². The SMILES string of the molecule is CCCCCCCCCCCCCCCCCCC[C@@H](O)C(=O)N[C@@H](CO[C@H]1O[C@H](CO)[C@H](O)[C@H](O)[C@H]1O[C@H]1O[C@H](CO[C@@H]2O[C@H](CO[C@H]3O[C@H]([C@H](C)O)[C@@H](O)[C@@H]3O)[C@H](O)[C@H](O)[C@H]2NC(C)=O)[C@H](O)[C@H](O)[C@H]1O)[C@H](O)[C@H](O)CCCCCCCCCCCCCC. The standard InChI is InChI=1S/C65H122N2O24/c1-5-7-9-11-13-15-17-19-20-21-22-23-25-27-29-31-33-35-44(72)61(83)67-42(49(73)43(71)34-32-30-28-26-24-18-16-14-12-10-8-6-2)37-84-65-60(55(79)50(74)45(36-68)87-65)91-64-57(81)54(78)52(76)47(89-64)38-85-62-48(66-41(4)70)53(77)51(75)46(88-62)39-86-63-58(82)56(80)59(90-63)40(3)69/h40,42-60,62-65,68-69,71-82H,5-39H2,1-4H3,(H,66,70)(H,67,83)/t40-,42-,43+,44+,45+,46+,47+,48+,49-,50-,51-,52-,53+,54-,55-,56-,57+,58-,59+,60+,62+,63-,64+,65-/m0/s1. The normalized spacial score (nSPS) is 32.9. The lowest BCUT2D eigenvalue weighted by Crippen LogP contribution is -2.66. The first-order chi connectivity index (χ1) is 43.7. The summed E-state index contributed by atoms with van der Waals surface area (Å²) in [5.74, 6) is -1.53. The van der Waals surface area contributed by atoms with Gasteiger partial charge in [-0.1, -0.05) is 200 Å². The fourth-order valence-corrected chi connectivity index (χ4v) is 12.4. The van der Waals surface area contributed by atoms with E-state index in [0.717, 1.165) is 64.7 Å². The number of rotatable bonds is 49. The first-order valence-corrected chi connectivity index (χ1v) is 34.8. The summed E-state index contributed by atoms with van der Waals surface area (Å²) in [7, 11) is 0. The third kappa shape index (κ3) is 28.2. The second-order valence-electron chi connectivity index (χ2n) is 26.1. The minimum absolute atomic E-state index is 0.126. The van der Waals surface area contributed by atoms with Crippen molar-refractivity contribution >= 4 is 11.8 Å². The number of aliphatic hydroxyl groups excluding tert-OH is 14. The Labute approximate surface area is 540 Å². The van der Waals surface area contributed by atoms with Gasteiger partial charge in [0.05, 0.1) is 44.7 Å². The third-order valence-corrected chi connectivity index (χ3v) is 18.2. The third-order valence-electron chi connectivity index (χ3n) is 18.2. The number of aliphatic hydroxyl groups is 14. The zero-order chi connectivity index (χ0) is 66.8. The highest BCUT2D eigenvalue weighted by Crippen LogP contribution is 2.33. The zero-order valence-electron chi connectivity index (χ0n) is 54.9. The van der Waals surface area contributed by atoms with E-state index < -0.39 is 185 Å². The number of hydrogen-bond donors (Lipinski definition) is 16. The Balaban J connectivity index is 1.40. The molecule has 0 bridgehead atoms. The summed E-state index contributed by atoms with van der Waals surface area (Å²) in [5.41, 5.74) is 0. The summed E-state index contributed by atoms with van der Waals surface area (Å²) in [6.07, 6.45) is -3.95. The maximum absolute atomic E-state index is 13.7. The molecular formula is C65H122N2O24. The Morgan fingerprint density at radius 2 is 0.868 bits per heavy atom. The second-order valence-corrected chi connectivity index (χ2v) is 26.1. The van der Waals surface area contributed by atoms with Gasteiger partial charge in [-0.05, 0) is 19.8 Å². The molecule has 4 heterocycles. The molecule has 0 unspecified atom stereocenters. The van der Waals surface area contributed by atoms with Crippen molar-refractivity contribution in [3.63, 3.8) is 0 Å². The van der Waals surface area contributed by atoms with Crippen molar-refractivity contribution in [3.05, 3.63) is 0 Å². The fourth-order valence-electron chi connectivity index (χ4n) is 12.4. The molecule has 0 aromatic carbocycles. The minimum Gasteiger partial charge on any atom is -0.394 e. The van der Waals surface area contributed by atoms with Crippen LogP contribution in [0.5, 0.6) is 0 Å². The van der Waals surface area contributed by atoms with Gasteiger partial charge in [-0.3, -0.25) is 9.59 Å². The van der Waals surface area contributed by atoms with Crippen LogP contribution in [-0.2, 0) is 47.5 Å². The molecule has 4 fully saturated rings. The lowest BCUT2D eigenvalue weighted by atomic mass is 9.96. The molecule has 0 aliphatic carbocycles. The number of hydrogen-bond acceptors (Lipinski definition) is 24. The Kier molecular flexibility index (Phi) is 40.8. The molecular weight excluding hydrogens is 1190 g/mol. The molecule has 4 aliphatic heterocycles. The van der Waals surface area contributed by atoms with E-state index in [4.69, 9.17) is 37.9 Å². The Morgan fingerprint density at radius 1 is 0.451 bits per heavy atom. The molecule has 0 aromatic rings. The molecule has 0 aromatic heterocycles. The molecule has 4 saturated heterocycles. The van der Waals surface area contributed by atoms with Gasteiger partial charge in [-0.2, -0.15) is 0 Å². The van der Waals surface area contributed by atoms with Crippen molar-refractivity contribution in [2.24, 2.45) is 0 Å². The van der Waals surface area contributed by atoms with Gasteiger partial charge < -0.3 is 120 Å². The van der Waals surface area contributed by atoms with E-state index in [-0.39, 0.29) is 12.8 Å². The van der Waals surface area contributed by atoms with Crippen LogP contribution < -0.4 is 10.6 Å². The summed E-state index contributed by atoms with van der Waals surface area (Å²) in [4.78, 5) is 26.0. The molecule has 4 aliphatic rings. The summed E-state index contributed by atoms with van der Waals surface area (Å²) >= 11 is 0. The lowest BCUT2D eigenvalue weighted by molar-refractivity contribution is -0.371. The predicted molar refractivity (Wildman–Crippen MR) is 332 cm³/mol. The van der Waals surface area contributed by atoms with Crippen molar-refractivity contribution in [1.82, 2.24) is 10.6 Å². The van der Waals surface area contributed by atoms with Crippen molar-refractivity contribution in [1.29, 1.82) is 0 Å². The van der Waals surface area contributed by atoms with Crippen molar-refractivity contribution in [3.8, 4) is 0 Å². The van der Waals surface area contributed by atoms with Crippen LogP contribution in [0.2, 0.25) is 0 Å². The van der Waals surface area contributed by atoms with Gasteiger partial charge in [0.15, 0.2) is 25.2 Å². The second kappa shape index (κ2) is 45.5. The molecule has 24 atom stereocenters. The fraction of sp³-hybridized carbons (Fsp3) is 0.969. The number of amides is 2. The molecule has 4 rings (SSSR count). The monoisotopic (exact) mass is 1310 g/mol. The van der Waals surface area contributed by atoms with Crippen LogP contribution in [0.1, 0.15) is 227 Å². The van der Waals surface area contributed by atoms with Crippen molar-refractivity contribution in [2.45, 2.75) is 374 Å². The predicted octanol–water partition coefficient (Wildman–Crippen LogP) is 2.15. The summed E-state index contributed by atoms with van der Waals surface area (Å²) in [6.45, 7) is 3.97. The number of carbonyl (C=O) groups is 2. The molecule has 0 radical (unpaired) electrons. The van der Waals surface area contributed by atoms with Gasteiger partial charge >= 0.3 is 0 Å². The average Bonchev–Trinajstić information content (AvgIpc) is 1.29. The largest absolute Gasteiger partial charge is 0.394 e. The molecule has 0 saturated carbocycles. The van der Waals surface area contributed by atoms with Crippen LogP contribution in [0.15, 0.2) is 0 Å². The minimum atomic E-state index is -2.09. The highest BCUT2D eigenvalue weighted by Gasteiger charge is 2.53. The topological polar surface area (TPSA) is 415 Å². The highest BCUT2D eigenvalue weighted by molar-refractivity contribution is 5.80. The number of nitrogens with one attached hydrogen (secondary N) is 2. The van der Waals surface area contributed by atoms with Crippen LogP contribution in [-0.4, -0.2) is 257 Å². The summed E-state index contributed by atoms with van der Waals surface area (Å²) in [5, 5.41) is 159. The average molecular weight is 1320 g/mol. The van der Waals surface area contributed by atoms with Gasteiger partial charge in [0.2, 0.25) is 11.8 Å². The van der Waals surface area contributed by atoms with Crippen LogP contribution in [0.25, 0.3) is 0 Å². The van der Waals surface area contributed by atoms with E-state index >= 15 is 0 Å². The maximum atomic E-state index is 13.7. The molecule has 16 N–H and O–H groups in total. The molecule has 91 heavy (non-hydrogen) atoms. The number of unbranched alkanes of at least 4 members (excludes halogenated alkanes) is 27. The summed E-state index contributed by atoms with van der Waals surface area (Å²) < 4.78 is 46.6. The first-order valence-electron chi connectivity index (χ1n) is 34.8. The highest BCUT2D eigenvalue weighted by atomic mass is 16.8. The first kappa shape index (κ1) is 81.5. The van der Waals surface area contributed by atoms with E-state index in [0.29, 0.717) is 12.8 Å². The molecule has 2 amide bonds. The van der Waals surface area contributed by atoms with Crippen LogP contribution in [0.3, 0.4) is 0 Å². The van der Waals surface area contributed by atoms with Crippen molar-refractivity contribution in [2.75, 3.05) is 26.4 Å². The van der Waals surface area contributed by atoms with Crippen molar-refractivity contribution < 1.29 is 119 Å². The zero-order valence-corrected chi connectivity index (χ0v) is 54.9. The van der Waals surface area contributed by atoms with E-state index in [2.05, 4.69) is 24.5 Å². The molecule has 26 nitrogen and oxygen atoms in total. The van der Waals surface area contributed by atoms with Gasteiger partial charge in [0.25, 0.3) is 0 Å². The smallest absolute Gasteiger partial charge is 0.249 e. The van der Waals surface area contributed by atoms with E-state index in [9.17, 15) is 81.1 Å². The van der Waals surface area contributed by atoms with Gasteiger partial charge in [-0.25, -0.2) is 0 Å². The van der Waals surface area contributed by atoms with Crippen LogP contribution in [0.4, 0.5) is 0 Å². The Bertz CT molecular complexity index is 1890. The van der Waals surface area contributed by atoms with Crippen LogP contribution >= 0.6 is 0 Å². The maximum Gasteiger partial charge on any atom is 0.249 e. The molecule has 26 heteroatoms. The Morgan fingerprint density at radius 3 is 1.33 bits per heavy atom. The quantitative estimate of drug-likeness (QED) is 0.0388. The number of carbonyl (C=O) groups excluding carboxylic acids is 2. The van der Waals surface area contributed by atoms with Gasteiger partial charge in [0, 0.05) is 6.92 Å². The molecule has 0 spiro atoms. The molecule has 536 valence electrons. The van der Waals surface area contributed by atoms with E-state index in [1.807, 2.05) is 0 Å². The summed E-state index contributed by atoms with van der Waals surface area (Å²) in [6, 6.07) is -2.91.